The Hall–Kier alpha value is -3.68. The summed E-state index contributed by atoms with van der Waals surface area (Å²) in [5, 5.41) is 2.55. The number of esters is 2. The number of hydrogen-bond acceptors (Lipinski definition) is 7. The minimum atomic E-state index is -0.737. The normalized spacial score (nSPS) is 10.1. The van der Waals surface area contributed by atoms with Crippen molar-refractivity contribution in [3.8, 4) is 5.75 Å². The number of hydrogen-bond donors (Lipinski definition) is 1. The molecule has 8 heteroatoms. The number of nitrogens with zero attached hydrogens (tertiary/aromatic N) is 1. The fraction of sp³-hybridized carbons (Fsp3) is 0.238. The Balaban J connectivity index is 2.59. The van der Waals surface area contributed by atoms with Crippen LogP contribution in [-0.2, 0) is 14.3 Å². The number of benzene rings is 2. The lowest BCUT2D eigenvalue weighted by Crippen LogP contribution is -2.16. The molecule has 0 spiro atoms. The zero-order valence-electron chi connectivity index (χ0n) is 16.9. The van der Waals surface area contributed by atoms with Gasteiger partial charge in [0.15, 0.2) is 5.78 Å². The lowest BCUT2D eigenvalue weighted by Gasteiger charge is -2.16. The quantitative estimate of drug-likeness (QED) is 0.453. The monoisotopic (exact) mass is 398 g/mol. The maximum Gasteiger partial charge on any atom is 0.338 e. The summed E-state index contributed by atoms with van der Waals surface area (Å²) in [6.07, 6.45) is 0. The summed E-state index contributed by atoms with van der Waals surface area (Å²) in [5.41, 5.74) is 1.22. The molecule has 2 rings (SSSR count). The highest BCUT2D eigenvalue weighted by atomic mass is 16.5. The van der Waals surface area contributed by atoms with E-state index in [1.807, 2.05) is 14.1 Å². The van der Waals surface area contributed by atoms with Crippen molar-refractivity contribution >= 4 is 35.0 Å². The second-order valence-corrected chi connectivity index (χ2v) is 6.43. The van der Waals surface area contributed by atoms with Crippen molar-refractivity contribution in [3.63, 3.8) is 0 Å². The number of amides is 1. The summed E-state index contributed by atoms with van der Waals surface area (Å²) in [4.78, 5) is 50.0. The first-order chi connectivity index (χ1) is 13.6. The van der Waals surface area contributed by atoms with Crippen LogP contribution in [0.2, 0.25) is 0 Å². The Kier molecular flexibility index (Phi) is 6.71. The standard InChI is InChI=1S/C21H22N2O6/c1-12(24)22-14-6-8-16(18(10-14)21(27)28-5)20(26)17-9-7-15(23(3)4)11-19(17)29-13(2)25/h6-11H,1-5H3,(H,22,24). The van der Waals surface area contributed by atoms with Crippen molar-refractivity contribution in [3.05, 3.63) is 53.1 Å². The molecule has 0 aliphatic heterocycles. The number of carbonyl (C=O) groups is 4. The molecular weight excluding hydrogens is 376 g/mol. The van der Waals surface area contributed by atoms with E-state index in [1.54, 1.807) is 17.0 Å². The van der Waals surface area contributed by atoms with Crippen LogP contribution < -0.4 is 15.0 Å². The lowest BCUT2D eigenvalue weighted by atomic mass is 9.96. The predicted octanol–water partition coefficient (Wildman–Crippen LogP) is 2.65. The molecule has 0 aromatic heterocycles. The molecule has 152 valence electrons. The van der Waals surface area contributed by atoms with E-state index in [0.29, 0.717) is 5.69 Å². The second kappa shape index (κ2) is 9.01. The average Bonchev–Trinajstić information content (AvgIpc) is 2.65. The van der Waals surface area contributed by atoms with E-state index < -0.39 is 17.7 Å². The van der Waals surface area contributed by atoms with E-state index in [9.17, 15) is 19.2 Å². The number of ketones is 1. The van der Waals surface area contributed by atoms with Gasteiger partial charge in [0.2, 0.25) is 5.91 Å². The number of methoxy groups -OCH3 is 1. The maximum absolute atomic E-state index is 13.2. The average molecular weight is 398 g/mol. The second-order valence-electron chi connectivity index (χ2n) is 6.43. The molecule has 0 atom stereocenters. The summed E-state index contributed by atoms with van der Waals surface area (Å²) < 4.78 is 9.99. The highest BCUT2D eigenvalue weighted by molar-refractivity contribution is 6.16. The van der Waals surface area contributed by atoms with Crippen LogP contribution in [0, 0.1) is 0 Å². The van der Waals surface area contributed by atoms with Crippen LogP contribution >= 0.6 is 0 Å². The van der Waals surface area contributed by atoms with E-state index in [4.69, 9.17) is 9.47 Å². The molecule has 0 saturated heterocycles. The number of nitrogens with one attached hydrogen (secondary N) is 1. The van der Waals surface area contributed by atoms with Crippen LogP contribution in [0.5, 0.6) is 5.75 Å². The molecule has 1 amide bonds. The van der Waals surface area contributed by atoms with Crippen LogP contribution in [-0.4, -0.2) is 44.8 Å². The topological polar surface area (TPSA) is 102 Å². The molecular formula is C21H22N2O6. The van der Waals surface area contributed by atoms with Crippen LogP contribution in [0.25, 0.3) is 0 Å². The smallest absolute Gasteiger partial charge is 0.338 e. The molecule has 29 heavy (non-hydrogen) atoms. The Labute approximate surface area is 168 Å². The Bertz CT molecular complexity index is 981. The van der Waals surface area contributed by atoms with E-state index in [-0.39, 0.29) is 28.3 Å². The number of carbonyl (C=O) groups excluding carboxylic acids is 4. The Morgan fingerprint density at radius 3 is 2.10 bits per heavy atom. The zero-order chi connectivity index (χ0) is 21.7. The Morgan fingerprint density at radius 2 is 1.55 bits per heavy atom. The van der Waals surface area contributed by atoms with Gasteiger partial charge in [0.1, 0.15) is 5.75 Å². The molecule has 2 aromatic rings. The maximum atomic E-state index is 13.2. The van der Waals surface area contributed by atoms with Crippen molar-refractivity contribution in [2.75, 3.05) is 31.4 Å². The van der Waals surface area contributed by atoms with Gasteiger partial charge in [0, 0.05) is 50.9 Å². The van der Waals surface area contributed by atoms with Crippen molar-refractivity contribution in [2.45, 2.75) is 13.8 Å². The van der Waals surface area contributed by atoms with E-state index >= 15 is 0 Å². The van der Waals surface area contributed by atoms with Gasteiger partial charge in [-0.2, -0.15) is 0 Å². The minimum absolute atomic E-state index is 0.0192. The lowest BCUT2D eigenvalue weighted by molar-refractivity contribution is -0.131. The molecule has 0 heterocycles. The third-order valence-electron chi connectivity index (χ3n) is 3.97. The van der Waals surface area contributed by atoms with Crippen LogP contribution in [0.4, 0.5) is 11.4 Å². The van der Waals surface area contributed by atoms with Crippen molar-refractivity contribution in [1.29, 1.82) is 0 Å². The highest BCUT2D eigenvalue weighted by Gasteiger charge is 2.23. The number of rotatable bonds is 6. The van der Waals surface area contributed by atoms with Gasteiger partial charge >= 0.3 is 11.9 Å². The van der Waals surface area contributed by atoms with Gasteiger partial charge in [-0.15, -0.1) is 0 Å². The summed E-state index contributed by atoms with van der Waals surface area (Å²) in [5.74, 6) is -2.09. The van der Waals surface area contributed by atoms with E-state index in [0.717, 1.165) is 5.69 Å². The largest absolute Gasteiger partial charge is 0.465 e. The van der Waals surface area contributed by atoms with E-state index in [1.165, 1.54) is 45.2 Å². The van der Waals surface area contributed by atoms with Crippen LogP contribution in [0.15, 0.2) is 36.4 Å². The zero-order valence-corrected chi connectivity index (χ0v) is 16.9. The first-order valence-electron chi connectivity index (χ1n) is 8.68. The minimum Gasteiger partial charge on any atom is -0.465 e. The summed E-state index contributed by atoms with van der Waals surface area (Å²) in [7, 11) is 4.81. The molecule has 0 aliphatic carbocycles. The SMILES string of the molecule is COC(=O)c1cc(NC(C)=O)ccc1C(=O)c1ccc(N(C)C)cc1OC(C)=O. The fourth-order valence-electron chi connectivity index (χ4n) is 2.66. The van der Waals surface area contributed by atoms with Gasteiger partial charge in [0.05, 0.1) is 18.2 Å². The Morgan fingerprint density at radius 1 is 0.897 bits per heavy atom. The molecule has 8 nitrogen and oxygen atoms in total. The molecule has 0 unspecified atom stereocenters. The first-order valence-corrected chi connectivity index (χ1v) is 8.68. The molecule has 0 radical (unpaired) electrons. The van der Waals surface area contributed by atoms with Crippen molar-refractivity contribution in [2.24, 2.45) is 0 Å². The number of ether oxygens (including phenoxy) is 2. The van der Waals surface area contributed by atoms with Gasteiger partial charge in [-0.3, -0.25) is 14.4 Å². The molecule has 0 bridgehead atoms. The van der Waals surface area contributed by atoms with Gasteiger partial charge in [-0.25, -0.2) is 4.79 Å². The van der Waals surface area contributed by atoms with Gasteiger partial charge < -0.3 is 19.7 Å². The third-order valence-corrected chi connectivity index (χ3v) is 3.97. The summed E-state index contributed by atoms with van der Waals surface area (Å²) in [6.45, 7) is 2.56. The van der Waals surface area contributed by atoms with Crippen LogP contribution in [0.3, 0.4) is 0 Å². The molecule has 1 N–H and O–H groups in total. The highest BCUT2D eigenvalue weighted by Crippen LogP contribution is 2.29. The van der Waals surface area contributed by atoms with Crippen molar-refractivity contribution in [1.82, 2.24) is 0 Å². The molecule has 2 aromatic carbocycles. The third kappa shape index (κ3) is 5.19. The molecule has 0 aliphatic rings. The molecule has 0 fully saturated rings. The van der Waals surface area contributed by atoms with E-state index in [2.05, 4.69) is 5.32 Å². The van der Waals surface area contributed by atoms with Gasteiger partial charge in [-0.1, -0.05) is 0 Å². The number of anilines is 2. The fourth-order valence-corrected chi connectivity index (χ4v) is 2.66. The predicted molar refractivity (Wildman–Crippen MR) is 108 cm³/mol. The van der Waals surface area contributed by atoms with Crippen LogP contribution in [0.1, 0.15) is 40.1 Å². The summed E-state index contributed by atoms with van der Waals surface area (Å²) in [6, 6.07) is 9.07. The first kappa shape index (κ1) is 21.6. The van der Waals surface area contributed by atoms with Gasteiger partial charge in [0.25, 0.3) is 0 Å². The van der Waals surface area contributed by atoms with Crippen molar-refractivity contribution < 1.29 is 28.7 Å². The van der Waals surface area contributed by atoms with Gasteiger partial charge in [-0.05, 0) is 30.3 Å². The summed E-state index contributed by atoms with van der Waals surface area (Å²) >= 11 is 0. The molecule has 0 saturated carbocycles.